The topological polar surface area (TPSA) is 28.1 Å². The molecule has 0 heterocycles. The monoisotopic (exact) mass is 488 g/mol. The minimum absolute atomic E-state index is 0.516. The molecule has 0 aliphatic rings. The maximum absolute atomic E-state index is 9.56. The Morgan fingerprint density at radius 2 is 1.25 bits per heavy atom. The molecule has 0 amide bonds. The summed E-state index contributed by atoms with van der Waals surface area (Å²) >= 11 is 6.83. The molecule has 0 saturated heterocycles. The lowest BCUT2D eigenvalue weighted by Gasteiger charge is -2.04. The largest absolute Gasteiger partial charge is 0.238 e. The molecule has 0 unspecified atom stereocenters. The van der Waals surface area contributed by atoms with Gasteiger partial charge in [0, 0.05) is 8.95 Å². The highest BCUT2D eigenvalue weighted by Gasteiger charge is 2.07. The molecule has 28 heavy (non-hydrogen) atoms. The second-order valence-electron chi connectivity index (χ2n) is 5.99. The summed E-state index contributed by atoms with van der Waals surface area (Å²) in [5.41, 5.74) is 4.57. The van der Waals surface area contributed by atoms with Gasteiger partial charge in [-0.15, -0.1) is 0 Å². The summed E-state index contributed by atoms with van der Waals surface area (Å²) in [5.74, 6) is 0. The first-order chi connectivity index (χ1) is 13.6. The number of hydrogen-bond donors (Lipinski definition) is 0. The fourth-order valence-electron chi connectivity index (χ4n) is 2.61. The van der Waals surface area contributed by atoms with Gasteiger partial charge in [0.25, 0.3) is 0 Å². The first kappa shape index (κ1) is 19.8. The first-order valence-corrected chi connectivity index (χ1v) is 10.0. The molecule has 0 atom stereocenters. The molecule has 0 N–H and O–H groups in total. The van der Waals surface area contributed by atoms with Crippen molar-refractivity contribution in [2.45, 2.75) is 0 Å². The van der Waals surface area contributed by atoms with E-state index in [4.69, 9.17) is 6.57 Å². The molecule has 3 aromatic rings. The van der Waals surface area contributed by atoms with Crippen molar-refractivity contribution in [2.75, 3.05) is 0 Å². The van der Waals surface area contributed by atoms with Gasteiger partial charge in [0.1, 0.15) is 0 Å². The molecule has 0 bridgehead atoms. The minimum Gasteiger partial charge on any atom is -0.238 e. The van der Waals surface area contributed by atoms with Gasteiger partial charge in [-0.05, 0) is 58.7 Å². The van der Waals surface area contributed by atoms with Gasteiger partial charge in [0.05, 0.1) is 18.2 Å². The lowest BCUT2D eigenvalue weighted by Crippen LogP contribution is -1.85. The highest BCUT2D eigenvalue weighted by atomic mass is 79.9. The zero-order chi connectivity index (χ0) is 19.9. The van der Waals surface area contributed by atoms with Gasteiger partial charge in [0.2, 0.25) is 0 Å². The lowest BCUT2D eigenvalue weighted by molar-refractivity contribution is 1.47. The zero-order valence-corrected chi connectivity index (χ0v) is 17.9. The number of rotatable bonds is 4. The van der Waals surface area contributed by atoms with Crippen LogP contribution in [-0.4, -0.2) is 0 Å². The molecule has 0 spiro atoms. The molecule has 0 aliphatic carbocycles. The predicted molar refractivity (Wildman–Crippen MR) is 124 cm³/mol. The Labute approximate surface area is 181 Å². The highest BCUT2D eigenvalue weighted by molar-refractivity contribution is 9.10. The summed E-state index contributed by atoms with van der Waals surface area (Å²) in [6.07, 6.45) is 7.63. The van der Waals surface area contributed by atoms with Crippen molar-refractivity contribution in [2.24, 2.45) is 0 Å². The molecule has 134 valence electrons. The molecule has 4 heteroatoms. The van der Waals surface area contributed by atoms with Gasteiger partial charge in [-0.1, -0.05) is 80.4 Å². The van der Waals surface area contributed by atoms with Crippen LogP contribution in [0.15, 0.2) is 69.6 Å². The third-order valence-electron chi connectivity index (χ3n) is 4.09. The molecule has 0 fully saturated rings. The van der Waals surface area contributed by atoms with Crippen molar-refractivity contribution in [1.29, 1.82) is 5.26 Å². The van der Waals surface area contributed by atoms with Crippen LogP contribution in [0.1, 0.15) is 27.8 Å². The molecule has 2 nitrogen and oxygen atoms in total. The smallest absolute Gasteiger partial charge is 0.194 e. The van der Waals surface area contributed by atoms with Gasteiger partial charge in [-0.3, -0.25) is 0 Å². The highest BCUT2D eigenvalue weighted by Crippen LogP contribution is 2.28. The molecule has 0 aliphatic heterocycles. The fraction of sp³-hybridized carbons (Fsp3) is 0. The third-order valence-corrected chi connectivity index (χ3v) is 5.15. The van der Waals surface area contributed by atoms with Crippen LogP contribution in [0.5, 0.6) is 0 Å². The number of hydrogen-bond acceptors (Lipinski definition) is 1. The van der Waals surface area contributed by atoms with Crippen LogP contribution in [0, 0.1) is 17.9 Å². The van der Waals surface area contributed by atoms with Gasteiger partial charge >= 0.3 is 0 Å². The van der Waals surface area contributed by atoms with Gasteiger partial charge < -0.3 is 0 Å². The number of nitrogens with zero attached hydrogens (tertiary/aromatic N) is 2. The van der Waals surface area contributed by atoms with E-state index in [1.165, 1.54) is 0 Å². The van der Waals surface area contributed by atoms with E-state index in [0.29, 0.717) is 11.3 Å². The van der Waals surface area contributed by atoms with Crippen molar-refractivity contribution in [3.8, 4) is 6.07 Å². The van der Waals surface area contributed by atoms with E-state index < -0.39 is 0 Å². The Hall–Kier alpha value is -2.92. The van der Waals surface area contributed by atoms with Gasteiger partial charge in [-0.25, -0.2) is 4.85 Å². The average Bonchev–Trinajstić information content (AvgIpc) is 2.72. The maximum Gasteiger partial charge on any atom is 0.194 e. The van der Waals surface area contributed by atoms with Crippen LogP contribution in [0.4, 0.5) is 5.69 Å². The molecule has 3 rings (SSSR count). The normalized spacial score (nSPS) is 10.9. The van der Waals surface area contributed by atoms with Crippen molar-refractivity contribution < 1.29 is 0 Å². The Bertz CT molecular complexity index is 1030. The molecule has 0 radical (unpaired) electrons. The number of halogens is 2. The van der Waals surface area contributed by atoms with E-state index in [-0.39, 0.29) is 0 Å². The van der Waals surface area contributed by atoms with E-state index in [1.807, 2.05) is 72.8 Å². The van der Waals surface area contributed by atoms with Crippen LogP contribution in [0.25, 0.3) is 29.1 Å². The number of benzene rings is 3. The SMILES string of the molecule is [C-]#[N+]c1cc(/C=C/c2ccc(Br)cc2)c(C#N)cc1/C=C/c1ccc(Br)cc1. The van der Waals surface area contributed by atoms with Crippen molar-refractivity contribution >= 4 is 61.9 Å². The Balaban J connectivity index is 1.93. The van der Waals surface area contributed by atoms with Crippen LogP contribution >= 0.6 is 31.9 Å². The van der Waals surface area contributed by atoms with Gasteiger partial charge in [0.15, 0.2) is 5.69 Å². The second-order valence-corrected chi connectivity index (χ2v) is 7.82. The summed E-state index contributed by atoms with van der Waals surface area (Å²) in [6, 6.07) is 21.6. The quantitative estimate of drug-likeness (QED) is 0.269. The maximum atomic E-state index is 9.56. The van der Waals surface area contributed by atoms with E-state index >= 15 is 0 Å². The van der Waals surface area contributed by atoms with Crippen molar-refractivity contribution in [3.05, 3.63) is 109 Å². The summed E-state index contributed by atoms with van der Waals surface area (Å²) in [7, 11) is 0. The van der Waals surface area contributed by atoms with E-state index in [2.05, 4.69) is 42.8 Å². The average molecular weight is 490 g/mol. The van der Waals surface area contributed by atoms with Crippen molar-refractivity contribution in [3.63, 3.8) is 0 Å². The summed E-state index contributed by atoms with van der Waals surface area (Å²) in [4.78, 5) is 3.64. The Kier molecular flexibility index (Phi) is 6.61. The third kappa shape index (κ3) is 5.08. The van der Waals surface area contributed by atoms with E-state index in [1.54, 1.807) is 12.1 Å². The van der Waals surface area contributed by atoms with Crippen LogP contribution < -0.4 is 0 Å². The van der Waals surface area contributed by atoms with Gasteiger partial charge in [-0.2, -0.15) is 5.26 Å². The Morgan fingerprint density at radius 3 is 1.71 bits per heavy atom. The molecular formula is C24H14Br2N2. The minimum atomic E-state index is 0.516. The zero-order valence-electron chi connectivity index (χ0n) is 14.7. The summed E-state index contributed by atoms with van der Waals surface area (Å²) < 4.78 is 2.03. The fourth-order valence-corrected chi connectivity index (χ4v) is 3.13. The predicted octanol–water partition coefficient (Wildman–Crippen LogP) is 7.97. The summed E-state index contributed by atoms with van der Waals surface area (Å²) in [5, 5.41) is 9.56. The second kappa shape index (κ2) is 9.33. The van der Waals surface area contributed by atoms with E-state index in [9.17, 15) is 5.26 Å². The molecule has 0 saturated carbocycles. The lowest BCUT2D eigenvalue weighted by atomic mass is 10.0. The van der Waals surface area contributed by atoms with Crippen LogP contribution in [0.3, 0.4) is 0 Å². The first-order valence-electron chi connectivity index (χ1n) is 8.42. The molecule has 3 aromatic carbocycles. The number of nitriles is 1. The molecule has 0 aromatic heterocycles. The van der Waals surface area contributed by atoms with E-state index in [0.717, 1.165) is 31.2 Å². The van der Waals surface area contributed by atoms with Crippen LogP contribution in [0.2, 0.25) is 0 Å². The Morgan fingerprint density at radius 1 is 0.750 bits per heavy atom. The molecular weight excluding hydrogens is 476 g/mol. The van der Waals surface area contributed by atoms with Crippen molar-refractivity contribution in [1.82, 2.24) is 0 Å². The summed E-state index contributed by atoms with van der Waals surface area (Å²) in [6.45, 7) is 7.51. The van der Waals surface area contributed by atoms with Crippen LogP contribution in [-0.2, 0) is 0 Å². The standard InChI is InChI=1S/C24H14Br2N2/c1-28-24-15-19(8-2-17-4-10-22(25)11-5-17)21(16-27)14-20(24)9-3-18-6-12-23(26)13-7-18/h2-15H/b8-2+,9-3+.